The molecule has 3 atom stereocenters. The number of aliphatic hydroxyl groups is 1. The van der Waals surface area contributed by atoms with Gasteiger partial charge in [0.15, 0.2) is 21.5 Å². The van der Waals surface area contributed by atoms with E-state index in [-0.39, 0.29) is 24.0 Å². The minimum absolute atomic E-state index is 0.0657. The second-order valence-corrected chi connectivity index (χ2v) is 12.0. The highest BCUT2D eigenvalue weighted by Gasteiger charge is 2.33. The van der Waals surface area contributed by atoms with Crippen LogP contribution in [0.2, 0.25) is 0 Å². The van der Waals surface area contributed by atoms with Crippen LogP contribution < -0.4 is 5.32 Å². The van der Waals surface area contributed by atoms with Gasteiger partial charge in [0.1, 0.15) is 5.52 Å². The van der Waals surface area contributed by atoms with Crippen LogP contribution in [0.3, 0.4) is 0 Å². The third-order valence-corrected chi connectivity index (χ3v) is 8.58. The Balaban J connectivity index is 1.51. The van der Waals surface area contributed by atoms with Gasteiger partial charge in [-0.3, -0.25) is 9.59 Å². The molecule has 0 saturated carbocycles. The van der Waals surface area contributed by atoms with E-state index in [9.17, 15) is 23.1 Å². The topological polar surface area (TPSA) is 130 Å². The standard InChI is InChI=1S/C28H35N3O6S/c1-2-22(26(33)28-30-23-13-7-8-14-24(23)37-28)29-27(34)21(17-25(32)31-15-9-4-10-16-31)19-38(35,36)18-20-11-5-3-6-12-20/h3,5-8,11-14,21-22,26,33H,2,4,9-10,15-19H2,1H3,(H,29,34). The van der Waals surface area contributed by atoms with Gasteiger partial charge in [-0.15, -0.1) is 0 Å². The van der Waals surface area contributed by atoms with Crippen LogP contribution in [-0.4, -0.2) is 60.1 Å². The van der Waals surface area contributed by atoms with Crippen molar-refractivity contribution < 1.29 is 27.5 Å². The van der Waals surface area contributed by atoms with Gasteiger partial charge in [0.25, 0.3) is 0 Å². The monoisotopic (exact) mass is 541 g/mol. The molecule has 2 amide bonds. The number of oxazole rings is 1. The molecule has 2 heterocycles. The molecule has 3 unspecified atom stereocenters. The summed E-state index contributed by atoms with van der Waals surface area (Å²) < 4.78 is 31.9. The molecule has 0 aliphatic carbocycles. The van der Waals surface area contributed by atoms with E-state index in [0.29, 0.717) is 36.2 Å². The third kappa shape index (κ3) is 7.20. The van der Waals surface area contributed by atoms with Gasteiger partial charge >= 0.3 is 0 Å². The fourth-order valence-corrected chi connectivity index (χ4v) is 6.50. The zero-order valence-corrected chi connectivity index (χ0v) is 22.4. The van der Waals surface area contributed by atoms with Crippen molar-refractivity contribution in [2.24, 2.45) is 5.92 Å². The molecule has 204 valence electrons. The number of hydrogen-bond donors (Lipinski definition) is 2. The highest BCUT2D eigenvalue weighted by atomic mass is 32.2. The number of amides is 2. The Bertz CT molecular complexity index is 1300. The number of para-hydroxylation sites is 2. The molecular weight excluding hydrogens is 506 g/mol. The van der Waals surface area contributed by atoms with E-state index in [2.05, 4.69) is 10.3 Å². The Morgan fingerprint density at radius 1 is 1.05 bits per heavy atom. The smallest absolute Gasteiger partial charge is 0.226 e. The molecule has 1 aromatic heterocycles. The number of fused-ring (bicyclic) bond motifs is 1. The van der Waals surface area contributed by atoms with Gasteiger partial charge in [0, 0.05) is 19.5 Å². The van der Waals surface area contributed by atoms with Crippen molar-refractivity contribution in [2.45, 2.75) is 56.9 Å². The molecule has 38 heavy (non-hydrogen) atoms. The Morgan fingerprint density at radius 2 is 1.74 bits per heavy atom. The first-order valence-corrected chi connectivity index (χ1v) is 14.9. The maximum Gasteiger partial charge on any atom is 0.226 e. The molecule has 9 nitrogen and oxygen atoms in total. The Morgan fingerprint density at radius 3 is 2.42 bits per heavy atom. The summed E-state index contributed by atoms with van der Waals surface area (Å²) >= 11 is 0. The number of rotatable bonds is 11. The summed E-state index contributed by atoms with van der Waals surface area (Å²) in [5, 5.41) is 13.7. The molecule has 10 heteroatoms. The Kier molecular flexibility index (Phi) is 9.17. The summed E-state index contributed by atoms with van der Waals surface area (Å²) in [5.41, 5.74) is 1.71. The normalized spacial score (nSPS) is 16.6. The number of carbonyl (C=O) groups excluding carboxylic acids is 2. The van der Waals surface area contributed by atoms with E-state index in [1.54, 1.807) is 66.4 Å². The lowest BCUT2D eigenvalue weighted by molar-refractivity contribution is -0.137. The average Bonchev–Trinajstić information content (AvgIpc) is 3.36. The number of aliphatic hydroxyl groups excluding tert-OH is 1. The molecule has 0 radical (unpaired) electrons. The molecular formula is C28H35N3O6S. The molecule has 1 saturated heterocycles. The van der Waals surface area contributed by atoms with Crippen LogP contribution in [0.5, 0.6) is 0 Å². The summed E-state index contributed by atoms with van der Waals surface area (Å²) in [7, 11) is -3.71. The number of aromatic nitrogens is 1. The van der Waals surface area contributed by atoms with Gasteiger partial charge in [0.05, 0.1) is 23.5 Å². The van der Waals surface area contributed by atoms with Crippen molar-refractivity contribution in [1.29, 1.82) is 0 Å². The second-order valence-electron chi connectivity index (χ2n) is 9.87. The number of benzene rings is 2. The van der Waals surface area contributed by atoms with Crippen LogP contribution in [-0.2, 0) is 25.2 Å². The number of nitrogens with one attached hydrogen (secondary N) is 1. The largest absolute Gasteiger partial charge is 0.438 e. The predicted molar refractivity (Wildman–Crippen MR) is 144 cm³/mol. The predicted octanol–water partition coefficient (Wildman–Crippen LogP) is 3.39. The number of hydrogen-bond acceptors (Lipinski definition) is 7. The number of likely N-dealkylation sites (tertiary alicyclic amines) is 1. The molecule has 1 aliphatic heterocycles. The van der Waals surface area contributed by atoms with Crippen molar-refractivity contribution in [3.05, 3.63) is 66.1 Å². The van der Waals surface area contributed by atoms with Gasteiger partial charge in [-0.2, -0.15) is 0 Å². The summed E-state index contributed by atoms with van der Waals surface area (Å²) in [4.78, 5) is 32.5. The van der Waals surface area contributed by atoms with Crippen molar-refractivity contribution in [2.75, 3.05) is 18.8 Å². The molecule has 1 aliphatic rings. The van der Waals surface area contributed by atoms with Crippen LogP contribution in [0.15, 0.2) is 59.0 Å². The molecule has 0 bridgehead atoms. The van der Waals surface area contributed by atoms with Crippen LogP contribution in [0.1, 0.15) is 56.6 Å². The molecule has 2 N–H and O–H groups in total. The van der Waals surface area contributed by atoms with E-state index >= 15 is 0 Å². The maximum atomic E-state index is 13.5. The van der Waals surface area contributed by atoms with E-state index in [4.69, 9.17) is 4.42 Å². The first kappa shape index (κ1) is 27.8. The van der Waals surface area contributed by atoms with Gasteiger partial charge in [-0.1, -0.05) is 49.4 Å². The van der Waals surface area contributed by atoms with Gasteiger partial charge in [-0.05, 0) is 43.4 Å². The maximum absolute atomic E-state index is 13.5. The van der Waals surface area contributed by atoms with Crippen LogP contribution >= 0.6 is 0 Å². The van der Waals surface area contributed by atoms with Crippen molar-refractivity contribution >= 4 is 32.8 Å². The summed E-state index contributed by atoms with van der Waals surface area (Å²) in [6, 6.07) is 15.1. The fourth-order valence-electron chi connectivity index (χ4n) is 4.80. The quantitative estimate of drug-likeness (QED) is 0.381. The molecule has 4 rings (SSSR count). The van der Waals surface area contributed by atoms with E-state index < -0.39 is 39.6 Å². The minimum atomic E-state index is -3.71. The molecule has 2 aromatic carbocycles. The van der Waals surface area contributed by atoms with E-state index in [1.165, 1.54) is 0 Å². The minimum Gasteiger partial charge on any atom is -0.438 e. The molecule has 3 aromatic rings. The zero-order chi connectivity index (χ0) is 27.1. The third-order valence-electron chi connectivity index (χ3n) is 6.90. The first-order valence-electron chi connectivity index (χ1n) is 13.1. The van der Waals surface area contributed by atoms with Crippen molar-refractivity contribution in [3.8, 4) is 0 Å². The highest BCUT2D eigenvalue weighted by Crippen LogP contribution is 2.24. The van der Waals surface area contributed by atoms with Crippen molar-refractivity contribution in [3.63, 3.8) is 0 Å². The Hall–Kier alpha value is -3.24. The number of carbonyl (C=O) groups is 2. The second kappa shape index (κ2) is 12.5. The fraction of sp³-hybridized carbons (Fsp3) is 0.464. The van der Waals surface area contributed by atoms with Crippen LogP contribution in [0.4, 0.5) is 0 Å². The van der Waals surface area contributed by atoms with E-state index in [0.717, 1.165) is 19.3 Å². The molecule has 0 spiro atoms. The average molecular weight is 542 g/mol. The summed E-state index contributed by atoms with van der Waals surface area (Å²) in [5.74, 6) is -2.54. The van der Waals surface area contributed by atoms with Gasteiger partial charge in [0.2, 0.25) is 17.7 Å². The van der Waals surface area contributed by atoms with Crippen LogP contribution in [0.25, 0.3) is 11.1 Å². The lowest BCUT2D eigenvalue weighted by Gasteiger charge is -2.29. The lowest BCUT2D eigenvalue weighted by Crippen LogP contribution is -2.46. The van der Waals surface area contributed by atoms with Gasteiger partial charge < -0.3 is 19.7 Å². The number of sulfone groups is 1. The summed E-state index contributed by atoms with van der Waals surface area (Å²) in [6.45, 7) is 3.01. The zero-order valence-electron chi connectivity index (χ0n) is 21.6. The van der Waals surface area contributed by atoms with Crippen molar-refractivity contribution in [1.82, 2.24) is 15.2 Å². The van der Waals surface area contributed by atoms with Crippen LogP contribution in [0, 0.1) is 5.92 Å². The number of nitrogens with zero attached hydrogens (tertiary/aromatic N) is 2. The van der Waals surface area contributed by atoms with E-state index in [1.807, 2.05) is 0 Å². The first-order chi connectivity index (χ1) is 18.3. The Labute approximate surface area is 223 Å². The molecule has 1 fully saturated rings. The SMILES string of the molecule is CCC(NC(=O)C(CC(=O)N1CCCCC1)CS(=O)(=O)Cc1ccccc1)C(O)c1nc2ccccc2o1. The number of piperidine rings is 1. The van der Waals surface area contributed by atoms with Gasteiger partial charge in [-0.25, -0.2) is 13.4 Å². The summed E-state index contributed by atoms with van der Waals surface area (Å²) in [6.07, 6.45) is 1.72. The lowest BCUT2D eigenvalue weighted by atomic mass is 10.0. The highest BCUT2D eigenvalue weighted by molar-refractivity contribution is 7.90.